The van der Waals surface area contributed by atoms with E-state index in [1.54, 1.807) is 13.0 Å². The largest absolute Gasteiger partial charge is 0.416 e. The molecule has 1 aromatic rings. The molecular formula is C13H15F3N2O. The number of benzene rings is 1. The Kier molecular flexibility index (Phi) is 5.19. The Morgan fingerprint density at radius 3 is 2.63 bits per heavy atom. The lowest BCUT2D eigenvalue weighted by Gasteiger charge is -2.12. The van der Waals surface area contributed by atoms with Crippen molar-refractivity contribution in [3.05, 3.63) is 29.3 Å². The van der Waals surface area contributed by atoms with Crippen molar-refractivity contribution in [1.29, 1.82) is 5.26 Å². The fourth-order valence-corrected chi connectivity index (χ4v) is 1.59. The van der Waals surface area contributed by atoms with E-state index in [0.29, 0.717) is 25.1 Å². The van der Waals surface area contributed by atoms with E-state index in [9.17, 15) is 13.2 Å². The van der Waals surface area contributed by atoms with E-state index in [1.165, 1.54) is 6.07 Å². The summed E-state index contributed by atoms with van der Waals surface area (Å²) in [5, 5.41) is 20.8. The van der Waals surface area contributed by atoms with Gasteiger partial charge in [-0.05, 0) is 38.0 Å². The monoisotopic (exact) mass is 272 g/mol. The molecule has 3 nitrogen and oxygen atoms in total. The first-order chi connectivity index (χ1) is 8.84. The van der Waals surface area contributed by atoms with E-state index in [2.05, 4.69) is 5.32 Å². The highest BCUT2D eigenvalue weighted by molar-refractivity contribution is 5.58. The second-order valence-corrected chi connectivity index (χ2v) is 4.29. The van der Waals surface area contributed by atoms with Crippen molar-refractivity contribution in [2.45, 2.75) is 32.0 Å². The van der Waals surface area contributed by atoms with Crippen molar-refractivity contribution in [2.24, 2.45) is 0 Å². The fraction of sp³-hybridized carbons (Fsp3) is 0.462. The molecule has 0 aromatic heterocycles. The van der Waals surface area contributed by atoms with Crippen LogP contribution >= 0.6 is 0 Å². The van der Waals surface area contributed by atoms with Crippen LogP contribution in [0.1, 0.15) is 30.9 Å². The van der Waals surface area contributed by atoms with Gasteiger partial charge in [-0.25, -0.2) is 0 Å². The maximum absolute atomic E-state index is 12.5. The van der Waals surface area contributed by atoms with E-state index in [4.69, 9.17) is 10.4 Å². The summed E-state index contributed by atoms with van der Waals surface area (Å²) in [6, 6.07) is 4.77. The number of nitrogens with one attached hydrogen (secondary N) is 1. The highest BCUT2D eigenvalue weighted by Crippen LogP contribution is 2.31. The van der Waals surface area contributed by atoms with Crippen LogP contribution in [0, 0.1) is 11.3 Å². The van der Waals surface area contributed by atoms with Gasteiger partial charge in [0.1, 0.15) is 6.07 Å². The molecule has 0 heterocycles. The van der Waals surface area contributed by atoms with Crippen LogP contribution in [0.4, 0.5) is 18.9 Å². The lowest BCUT2D eigenvalue weighted by molar-refractivity contribution is -0.137. The third kappa shape index (κ3) is 4.79. The molecule has 0 radical (unpaired) electrons. The number of aliphatic hydroxyl groups is 1. The first-order valence-electron chi connectivity index (χ1n) is 5.88. The molecule has 0 saturated carbocycles. The first-order valence-corrected chi connectivity index (χ1v) is 5.88. The van der Waals surface area contributed by atoms with Gasteiger partial charge in [0.15, 0.2) is 0 Å². The van der Waals surface area contributed by atoms with Crippen LogP contribution in [0.25, 0.3) is 0 Å². The van der Waals surface area contributed by atoms with E-state index in [1.807, 2.05) is 0 Å². The molecule has 0 saturated heterocycles. The van der Waals surface area contributed by atoms with Crippen LogP contribution in [-0.2, 0) is 6.18 Å². The molecule has 0 aliphatic heterocycles. The Morgan fingerprint density at radius 2 is 2.11 bits per heavy atom. The third-order valence-electron chi connectivity index (χ3n) is 2.58. The SMILES string of the molecule is CC(O)CCCNc1ccc(C(F)(F)F)cc1C#N. The number of halogens is 3. The number of aliphatic hydroxyl groups excluding tert-OH is 1. The summed E-state index contributed by atoms with van der Waals surface area (Å²) in [7, 11) is 0. The Balaban J connectivity index is 2.72. The summed E-state index contributed by atoms with van der Waals surface area (Å²) in [5.74, 6) is 0. The van der Waals surface area contributed by atoms with E-state index < -0.39 is 17.8 Å². The summed E-state index contributed by atoms with van der Waals surface area (Å²) in [5.41, 5.74) is -0.494. The molecule has 19 heavy (non-hydrogen) atoms. The molecule has 0 aliphatic rings. The summed E-state index contributed by atoms with van der Waals surface area (Å²) in [6.07, 6.45) is -3.60. The first kappa shape index (κ1) is 15.3. The van der Waals surface area contributed by atoms with Crippen molar-refractivity contribution in [1.82, 2.24) is 0 Å². The Labute approximate surface area is 109 Å². The van der Waals surface area contributed by atoms with Gasteiger partial charge in [0.25, 0.3) is 0 Å². The number of hydrogen-bond donors (Lipinski definition) is 2. The van der Waals surface area contributed by atoms with Crippen LogP contribution in [0.2, 0.25) is 0 Å². The van der Waals surface area contributed by atoms with Crippen LogP contribution in [0.3, 0.4) is 0 Å². The summed E-state index contributed by atoms with van der Waals surface area (Å²) in [6.45, 7) is 2.16. The summed E-state index contributed by atoms with van der Waals surface area (Å²) in [4.78, 5) is 0. The molecular weight excluding hydrogens is 257 g/mol. The molecule has 0 amide bonds. The quantitative estimate of drug-likeness (QED) is 0.809. The standard InChI is InChI=1S/C13H15F3N2O/c1-9(19)3-2-6-18-12-5-4-11(13(14,15)16)7-10(12)8-17/h4-5,7,9,18-19H,2-3,6H2,1H3. The topological polar surface area (TPSA) is 56.0 Å². The Hall–Kier alpha value is -1.74. The van der Waals surface area contributed by atoms with Crippen molar-refractivity contribution >= 4 is 5.69 Å². The lowest BCUT2D eigenvalue weighted by atomic mass is 10.1. The smallest absolute Gasteiger partial charge is 0.393 e. The molecule has 1 atom stereocenters. The van der Waals surface area contributed by atoms with Crippen molar-refractivity contribution in [3.8, 4) is 6.07 Å². The molecule has 0 fully saturated rings. The number of alkyl halides is 3. The van der Waals surface area contributed by atoms with Gasteiger partial charge in [0, 0.05) is 6.54 Å². The van der Waals surface area contributed by atoms with Gasteiger partial charge in [-0.15, -0.1) is 0 Å². The maximum Gasteiger partial charge on any atom is 0.416 e. The third-order valence-corrected chi connectivity index (χ3v) is 2.58. The van der Waals surface area contributed by atoms with Crippen LogP contribution in [0.15, 0.2) is 18.2 Å². The van der Waals surface area contributed by atoms with Crippen molar-refractivity contribution in [3.63, 3.8) is 0 Å². The van der Waals surface area contributed by atoms with Gasteiger partial charge < -0.3 is 10.4 Å². The highest BCUT2D eigenvalue weighted by atomic mass is 19.4. The average Bonchev–Trinajstić information content (AvgIpc) is 2.33. The van der Waals surface area contributed by atoms with Crippen LogP contribution in [-0.4, -0.2) is 17.8 Å². The fourth-order valence-electron chi connectivity index (χ4n) is 1.59. The molecule has 1 rings (SSSR count). The van der Waals surface area contributed by atoms with E-state index >= 15 is 0 Å². The highest BCUT2D eigenvalue weighted by Gasteiger charge is 2.30. The minimum absolute atomic E-state index is 0.0353. The van der Waals surface area contributed by atoms with Gasteiger partial charge in [0.2, 0.25) is 0 Å². The van der Waals surface area contributed by atoms with Gasteiger partial charge in [-0.2, -0.15) is 18.4 Å². The second-order valence-electron chi connectivity index (χ2n) is 4.29. The molecule has 1 unspecified atom stereocenters. The number of nitrogens with zero attached hydrogens (tertiary/aromatic N) is 1. The maximum atomic E-state index is 12.5. The number of anilines is 1. The number of hydrogen-bond acceptors (Lipinski definition) is 3. The Bertz CT molecular complexity index is 464. The molecule has 1 aromatic carbocycles. The minimum Gasteiger partial charge on any atom is -0.393 e. The van der Waals surface area contributed by atoms with Gasteiger partial charge >= 0.3 is 6.18 Å². The molecule has 0 bridgehead atoms. The van der Waals surface area contributed by atoms with Gasteiger partial charge in [-0.3, -0.25) is 0 Å². The van der Waals surface area contributed by atoms with E-state index in [0.717, 1.165) is 12.1 Å². The zero-order valence-corrected chi connectivity index (χ0v) is 10.5. The normalized spacial score (nSPS) is 12.8. The lowest BCUT2D eigenvalue weighted by Crippen LogP contribution is -2.09. The van der Waals surface area contributed by atoms with Crippen LogP contribution in [0.5, 0.6) is 0 Å². The minimum atomic E-state index is -4.45. The predicted molar refractivity (Wildman–Crippen MR) is 65.6 cm³/mol. The zero-order valence-electron chi connectivity index (χ0n) is 10.5. The molecule has 0 aliphatic carbocycles. The predicted octanol–water partition coefficient (Wildman–Crippen LogP) is 3.15. The second kappa shape index (κ2) is 6.43. The summed E-state index contributed by atoms with van der Waals surface area (Å²) >= 11 is 0. The van der Waals surface area contributed by atoms with Gasteiger partial charge in [-0.1, -0.05) is 0 Å². The molecule has 0 spiro atoms. The van der Waals surface area contributed by atoms with Crippen molar-refractivity contribution < 1.29 is 18.3 Å². The number of rotatable bonds is 5. The zero-order chi connectivity index (χ0) is 14.5. The number of nitriles is 1. The van der Waals surface area contributed by atoms with E-state index in [-0.39, 0.29) is 5.56 Å². The van der Waals surface area contributed by atoms with Crippen molar-refractivity contribution in [2.75, 3.05) is 11.9 Å². The molecule has 2 N–H and O–H groups in total. The average molecular weight is 272 g/mol. The van der Waals surface area contributed by atoms with Crippen LogP contribution < -0.4 is 5.32 Å². The Morgan fingerprint density at radius 1 is 1.42 bits per heavy atom. The molecule has 6 heteroatoms. The molecule has 104 valence electrons. The van der Waals surface area contributed by atoms with Gasteiger partial charge in [0.05, 0.1) is 22.9 Å². The summed E-state index contributed by atoms with van der Waals surface area (Å²) < 4.78 is 37.4.